The van der Waals surface area contributed by atoms with Gasteiger partial charge in [-0.2, -0.15) is 0 Å². The summed E-state index contributed by atoms with van der Waals surface area (Å²) in [7, 11) is 0. The van der Waals surface area contributed by atoms with Gasteiger partial charge in [0.2, 0.25) is 0 Å². The topological polar surface area (TPSA) is 29.3 Å². The molecule has 0 saturated heterocycles. The summed E-state index contributed by atoms with van der Waals surface area (Å²) in [6.45, 7) is 2.82. The van der Waals surface area contributed by atoms with E-state index >= 15 is 0 Å². The quantitative estimate of drug-likeness (QED) is 0.857. The van der Waals surface area contributed by atoms with Crippen LogP contribution < -0.4 is 10.6 Å². The number of halogens is 1. The Morgan fingerprint density at radius 2 is 2.00 bits per heavy atom. The molecule has 1 aliphatic rings. The van der Waals surface area contributed by atoms with Crippen LogP contribution in [0.3, 0.4) is 0 Å². The molecule has 1 heterocycles. The SMILES string of the molecule is Cc1ccc(N2CCc3ccc(F)cc32)c(C(N)=S)c1. The fourth-order valence-electron chi connectivity index (χ4n) is 2.69. The number of anilines is 2. The lowest BCUT2D eigenvalue weighted by Crippen LogP contribution is -2.20. The van der Waals surface area contributed by atoms with Crippen LogP contribution >= 0.6 is 12.2 Å². The van der Waals surface area contributed by atoms with Gasteiger partial charge in [0.1, 0.15) is 10.8 Å². The molecular weight excluding hydrogens is 271 g/mol. The third-order valence-corrected chi connectivity index (χ3v) is 3.87. The van der Waals surface area contributed by atoms with Gasteiger partial charge < -0.3 is 10.6 Å². The number of rotatable bonds is 2. The van der Waals surface area contributed by atoms with E-state index in [-0.39, 0.29) is 5.82 Å². The Morgan fingerprint density at radius 1 is 1.20 bits per heavy atom. The highest BCUT2D eigenvalue weighted by Gasteiger charge is 2.23. The minimum atomic E-state index is -0.223. The molecule has 0 aromatic heterocycles. The van der Waals surface area contributed by atoms with Crippen molar-refractivity contribution < 1.29 is 4.39 Å². The first kappa shape index (κ1) is 13.1. The first-order valence-electron chi connectivity index (χ1n) is 6.52. The minimum absolute atomic E-state index is 0.223. The van der Waals surface area contributed by atoms with Crippen molar-refractivity contribution in [1.82, 2.24) is 0 Å². The zero-order valence-corrected chi connectivity index (χ0v) is 12.0. The number of thiocarbonyl (C=S) groups is 1. The maximum atomic E-state index is 13.5. The molecule has 20 heavy (non-hydrogen) atoms. The molecule has 0 bridgehead atoms. The van der Waals surface area contributed by atoms with Crippen molar-refractivity contribution in [3.8, 4) is 0 Å². The monoisotopic (exact) mass is 286 g/mol. The second-order valence-corrected chi connectivity index (χ2v) is 5.50. The van der Waals surface area contributed by atoms with Gasteiger partial charge in [0, 0.05) is 17.8 Å². The van der Waals surface area contributed by atoms with Crippen molar-refractivity contribution in [2.75, 3.05) is 11.4 Å². The number of benzene rings is 2. The molecule has 102 valence electrons. The summed E-state index contributed by atoms with van der Waals surface area (Å²) in [6.07, 6.45) is 0.903. The number of nitrogens with zero attached hydrogens (tertiary/aromatic N) is 1. The van der Waals surface area contributed by atoms with Gasteiger partial charge in [0.25, 0.3) is 0 Å². The van der Waals surface area contributed by atoms with Crippen LogP contribution in [0.2, 0.25) is 0 Å². The Balaban J connectivity index is 2.13. The van der Waals surface area contributed by atoms with Gasteiger partial charge in [-0.05, 0) is 43.2 Å². The maximum Gasteiger partial charge on any atom is 0.125 e. The first-order chi connectivity index (χ1) is 9.56. The predicted molar refractivity (Wildman–Crippen MR) is 84.2 cm³/mol. The van der Waals surface area contributed by atoms with Crippen molar-refractivity contribution in [2.24, 2.45) is 5.73 Å². The van der Waals surface area contributed by atoms with E-state index in [9.17, 15) is 4.39 Å². The van der Waals surface area contributed by atoms with E-state index in [1.807, 2.05) is 31.2 Å². The van der Waals surface area contributed by atoms with Gasteiger partial charge in [-0.15, -0.1) is 0 Å². The molecule has 0 unspecified atom stereocenters. The summed E-state index contributed by atoms with van der Waals surface area (Å²) in [6, 6.07) is 10.9. The fraction of sp³-hybridized carbons (Fsp3) is 0.188. The van der Waals surface area contributed by atoms with Crippen molar-refractivity contribution in [3.63, 3.8) is 0 Å². The second kappa shape index (κ2) is 4.87. The van der Waals surface area contributed by atoms with E-state index in [4.69, 9.17) is 18.0 Å². The largest absolute Gasteiger partial charge is 0.389 e. The van der Waals surface area contributed by atoms with Crippen molar-refractivity contribution >= 4 is 28.6 Å². The Bertz CT molecular complexity index is 697. The molecule has 0 aliphatic carbocycles. The number of hydrogen-bond acceptors (Lipinski definition) is 2. The molecule has 2 aromatic carbocycles. The molecule has 1 aliphatic heterocycles. The molecule has 0 atom stereocenters. The van der Waals surface area contributed by atoms with E-state index in [1.165, 1.54) is 6.07 Å². The summed E-state index contributed by atoms with van der Waals surface area (Å²) < 4.78 is 13.5. The van der Waals surface area contributed by atoms with Crippen LogP contribution in [0.5, 0.6) is 0 Å². The van der Waals surface area contributed by atoms with Crippen molar-refractivity contribution in [1.29, 1.82) is 0 Å². The zero-order valence-electron chi connectivity index (χ0n) is 11.2. The van der Waals surface area contributed by atoms with Crippen LogP contribution in [0.1, 0.15) is 16.7 Å². The van der Waals surface area contributed by atoms with Crippen molar-refractivity contribution in [3.05, 3.63) is 58.9 Å². The molecule has 3 rings (SSSR count). The van der Waals surface area contributed by atoms with E-state index in [0.717, 1.165) is 41.0 Å². The van der Waals surface area contributed by atoms with Crippen LogP contribution in [0, 0.1) is 12.7 Å². The van der Waals surface area contributed by atoms with Gasteiger partial charge in [0.15, 0.2) is 0 Å². The normalized spacial score (nSPS) is 13.4. The van der Waals surface area contributed by atoms with E-state index in [1.54, 1.807) is 6.07 Å². The fourth-order valence-corrected chi connectivity index (χ4v) is 2.85. The molecule has 2 aromatic rings. The van der Waals surface area contributed by atoms with Crippen LogP contribution in [0.25, 0.3) is 0 Å². The molecule has 0 saturated carbocycles. The highest BCUT2D eigenvalue weighted by atomic mass is 32.1. The lowest BCUT2D eigenvalue weighted by molar-refractivity contribution is 0.628. The summed E-state index contributed by atoms with van der Waals surface area (Å²) in [5, 5.41) is 0. The van der Waals surface area contributed by atoms with Gasteiger partial charge in [-0.3, -0.25) is 0 Å². The predicted octanol–water partition coefficient (Wildman–Crippen LogP) is 3.46. The summed E-state index contributed by atoms with van der Waals surface area (Å²) in [5.41, 5.74) is 10.8. The maximum absolute atomic E-state index is 13.5. The molecule has 2 N–H and O–H groups in total. The smallest absolute Gasteiger partial charge is 0.125 e. The Hall–Kier alpha value is -1.94. The Kier molecular flexibility index (Phi) is 3.18. The summed E-state index contributed by atoms with van der Waals surface area (Å²) in [5.74, 6) is -0.223. The average Bonchev–Trinajstić information content (AvgIpc) is 2.81. The van der Waals surface area contributed by atoms with E-state index in [0.29, 0.717) is 4.99 Å². The molecule has 0 spiro atoms. The summed E-state index contributed by atoms with van der Waals surface area (Å²) >= 11 is 5.15. The number of fused-ring (bicyclic) bond motifs is 1. The standard InChI is InChI=1S/C16H15FN2S/c1-10-2-5-14(13(8-10)16(18)20)19-7-6-11-3-4-12(17)9-15(11)19/h2-5,8-9H,6-7H2,1H3,(H2,18,20). The number of hydrogen-bond donors (Lipinski definition) is 1. The molecular formula is C16H15FN2S. The van der Waals surface area contributed by atoms with Gasteiger partial charge in [-0.25, -0.2) is 4.39 Å². The van der Waals surface area contributed by atoms with E-state index in [2.05, 4.69) is 4.90 Å². The lowest BCUT2D eigenvalue weighted by Gasteiger charge is -2.23. The van der Waals surface area contributed by atoms with Crippen molar-refractivity contribution in [2.45, 2.75) is 13.3 Å². The molecule has 0 fully saturated rings. The van der Waals surface area contributed by atoms with Crippen LogP contribution in [-0.4, -0.2) is 11.5 Å². The Labute approximate surface area is 123 Å². The van der Waals surface area contributed by atoms with Gasteiger partial charge in [0.05, 0.1) is 5.69 Å². The third-order valence-electron chi connectivity index (χ3n) is 3.65. The van der Waals surface area contributed by atoms with Gasteiger partial charge in [-0.1, -0.05) is 29.9 Å². The van der Waals surface area contributed by atoms with Gasteiger partial charge >= 0.3 is 0 Å². The Morgan fingerprint density at radius 3 is 2.75 bits per heavy atom. The molecule has 0 radical (unpaired) electrons. The number of nitrogens with two attached hydrogens (primary N) is 1. The van der Waals surface area contributed by atoms with Crippen LogP contribution in [-0.2, 0) is 6.42 Å². The van der Waals surface area contributed by atoms with E-state index < -0.39 is 0 Å². The molecule has 4 heteroatoms. The minimum Gasteiger partial charge on any atom is -0.389 e. The summed E-state index contributed by atoms with van der Waals surface area (Å²) in [4.78, 5) is 2.46. The average molecular weight is 286 g/mol. The number of aryl methyl sites for hydroxylation is 1. The van der Waals surface area contributed by atoms with Crippen LogP contribution in [0.4, 0.5) is 15.8 Å². The molecule has 2 nitrogen and oxygen atoms in total. The highest BCUT2D eigenvalue weighted by molar-refractivity contribution is 7.80. The first-order valence-corrected chi connectivity index (χ1v) is 6.93. The highest BCUT2D eigenvalue weighted by Crippen LogP contribution is 2.37. The zero-order chi connectivity index (χ0) is 14.3. The van der Waals surface area contributed by atoms with Crippen LogP contribution in [0.15, 0.2) is 36.4 Å². The molecule has 0 amide bonds. The lowest BCUT2D eigenvalue weighted by atomic mass is 10.1. The second-order valence-electron chi connectivity index (χ2n) is 5.06. The third kappa shape index (κ3) is 2.16.